The van der Waals surface area contributed by atoms with E-state index < -0.39 is 6.61 Å². The summed E-state index contributed by atoms with van der Waals surface area (Å²) in [6, 6.07) is 7.04. The summed E-state index contributed by atoms with van der Waals surface area (Å²) in [5.41, 5.74) is 2.06. The van der Waals surface area contributed by atoms with Crippen LogP contribution in [0.15, 0.2) is 35.0 Å². The molecule has 0 atom stereocenters. The first-order valence-electron chi connectivity index (χ1n) is 6.02. The molecule has 0 radical (unpaired) electrons. The van der Waals surface area contributed by atoms with Crippen molar-refractivity contribution in [3.8, 4) is 11.5 Å². The molecule has 1 N–H and O–H groups in total. The Bertz CT molecular complexity index is 532. The zero-order chi connectivity index (χ0) is 14.4. The lowest BCUT2D eigenvalue weighted by Gasteiger charge is -2.12. The second-order valence-corrected chi connectivity index (χ2v) is 4.88. The monoisotopic (exact) mass is 299 g/mol. The molecule has 1 aromatic heterocycles. The molecule has 1 aromatic carbocycles. The van der Waals surface area contributed by atoms with Crippen molar-refractivity contribution in [2.24, 2.45) is 0 Å². The van der Waals surface area contributed by atoms with Crippen molar-refractivity contribution >= 4 is 11.3 Å². The van der Waals surface area contributed by atoms with Gasteiger partial charge in [0.15, 0.2) is 11.5 Å². The van der Waals surface area contributed by atoms with E-state index >= 15 is 0 Å². The summed E-state index contributed by atoms with van der Waals surface area (Å²) in [7, 11) is 1.42. The van der Waals surface area contributed by atoms with Crippen LogP contribution in [0, 0.1) is 0 Å². The highest BCUT2D eigenvalue weighted by molar-refractivity contribution is 7.07. The van der Waals surface area contributed by atoms with E-state index in [4.69, 9.17) is 4.74 Å². The molecule has 2 aromatic rings. The first-order chi connectivity index (χ1) is 9.69. The Kier molecular flexibility index (Phi) is 5.31. The van der Waals surface area contributed by atoms with Crippen LogP contribution in [0.3, 0.4) is 0 Å². The van der Waals surface area contributed by atoms with Crippen LogP contribution in [-0.2, 0) is 13.1 Å². The summed E-state index contributed by atoms with van der Waals surface area (Å²) in [5.74, 6) is 0.351. The summed E-state index contributed by atoms with van der Waals surface area (Å²) >= 11 is 1.64. The molecule has 3 nitrogen and oxygen atoms in total. The maximum absolute atomic E-state index is 12.3. The largest absolute Gasteiger partial charge is 0.493 e. The summed E-state index contributed by atoms with van der Waals surface area (Å²) < 4.78 is 34.1. The molecule has 0 aliphatic heterocycles. The molecule has 0 aliphatic carbocycles. The van der Waals surface area contributed by atoms with E-state index in [1.807, 2.05) is 17.5 Å². The van der Waals surface area contributed by atoms with Gasteiger partial charge in [0.05, 0.1) is 7.11 Å². The minimum Gasteiger partial charge on any atom is -0.493 e. The molecule has 0 aliphatic rings. The summed E-state index contributed by atoms with van der Waals surface area (Å²) in [6.45, 7) is -1.56. The van der Waals surface area contributed by atoms with Crippen LogP contribution in [0.2, 0.25) is 0 Å². The molecule has 0 amide bonds. The first-order valence-corrected chi connectivity index (χ1v) is 6.97. The van der Waals surface area contributed by atoms with Crippen molar-refractivity contribution < 1.29 is 18.3 Å². The van der Waals surface area contributed by atoms with Gasteiger partial charge in [-0.2, -0.15) is 20.1 Å². The van der Waals surface area contributed by atoms with Crippen LogP contribution in [-0.4, -0.2) is 13.7 Å². The molecular weight excluding hydrogens is 284 g/mol. The topological polar surface area (TPSA) is 30.5 Å². The highest BCUT2D eigenvalue weighted by Crippen LogP contribution is 2.29. The van der Waals surface area contributed by atoms with Crippen molar-refractivity contribution in [2.45, 2.75) is 19.7 Å². The van der Waals surface area contributed by atoms with Crippen LogP contribution < -0.4 is 14.8 Å². The number of alkyl halides is 2. The normalized spacial score (nSPS) is 10.8. The smallest absolute Gasteiger partial charge is 0.387 e. The third-order valence-corrected chi connectivity index (χ3v) is 3.41. The third-order valence-electron chi connectivity index (χ3n) is 2.68. The van der Waals surface area contributed by atoms with Gasteiger partial charge in [-0.15, -0.1) is 0 Å². The van der Waals surface area contributed by atoms with Gasteiger partial charge >= 0.3 is 6.61 Å². The van der Waals surface area contributed by atoms with Gasteiger partial charge in [-0.1, -0.05) is 6.07 Å². The van der Waals surface area contributed by atoms with Crippen LogP contribution in [0.1, 0.15) is 11.1 Å². The Balaban J connectivity index is 1.97. The molecule has 0 spiro atoms. The highest BCUT2D eigenvalue weighted by atomic mass is 32.1. The maximum Gasteiger partial charge on any atom is 0.387 e. The Morgan fingerprint density at radius 1 is 1.15 bits per heavy atom. The van der Waals surface area contributed by atoms with Gasteiger partial charge in [0.1, 0.15) is 0 Å². The number of methoxy groups -OCH3 is 1. The predicted molar refractivity (Wildman–Crippen MR) is 74.5 cm³/mol. The standard InChI is InChI=1S/C14H15F2NO2S/c1-18-12-3-2-10(6-13(12)19-14(15)16)7-17-8-11-4-5-20-9-11/h2-6,9,14,17H,7-8H2,1H3. The molecule has 0 saturated carbocycles. The number of hydrogen-bond acceptors (Lipinski definition) is 4. The SMILES string of the molecule is COc1ccc(CNCc2ccsc2)cc1OC(F)F. The number of halogens is 2. The van der Waals surface area contributed by atoms with Gasteiger partial charge in [-0.25, -0.2) is 0 Å². The van der Waals surface area contributed by atoms with E-state index in [1.54, 1.807) is 23.5 Å². The van der Waals surface area contributed by atoms with Gasteiger partial charge < -0.3 is 14.8 Å². The molecule has 0 fully saturated rings. The number of rotatable bonds is 7. The van der Waals surface area contributed by atoms with Crippen molar-refractivity contribution in [1.29, 1.82) is 0 Å². The second-order valence-electron chi connectivity index (χ2n) is 4.10. The van der Waals surface area contributed by atoms with Gasteiger partial charge in [-0.05, 0) is 40.1 Å². The fraction of sp³-hybridized carbons (Fsp3) is 0.286. The molecule has 0 unspecified atom stereocenters. The molecule has 0 saturated heterocycles. The van der Waals surface area contributed by atoms with E-state index in [0.29, 0.717) is 12.3 Å². The Hall–Kier alpha value is -1.66. The molecule has 6 heteroatoms. The van der Waals surface area contributed by atoms with Crippen molar-refractivity contribution in [1.82, 2.24) is 5.32 Å². The van der Waals surface area contributed by atoms with E-state index in [0.717, 1.165) is 12.1 Å². The second kappa shape index (κ2) is 7.21. The van der Waals surface area contributed by atoms with Crippen LogP contribution >= 0.6 is 11.3 Å². The number of benzene rings is 1. The Morgan fingerprint density at radius 3 is 2.60 bits per heavy atom. The van der Waals surface area contributed by atoms with Crippen molar-refractivity contribution in [2.75, 3.05) is 7.11 Å². The zero-order valence-electron chi connectivity index (χ0n) is 10.9. The first kappa shape index (κ1) is 14.7. The number of hydrogen-bond donors (Lipinski definition) is 1. The average molecular weight is 299 g/mol. The predicted octanol–water partition coefficient (Wildman–Crippen LogP) is 3.65. The maximum atomic E-state index is 12.3. The van der Waals surface area contributed by atoms with Crippen molar-refractivity contribution in [3.05, 3.63) is 46.2 Å². The lowest BCUT2D eigenvalue weighted by atomic mass is 10.2. The molecule has 108 valence electrons. The molecule has 1 heterocycles. The zero-order valence-corrected chi connectivity index (χ0v) is 11.8. The molecular formula is C14H15F2NO2S. The van der Waals surface area contributed by atoms with Gasteiger partial charge in [-0.3, -0.25) is 0 Å². The van der Waals surface area contributed by atoms with E-state index in [9.17, 15) is 8.78 Å². The minimum absolute atomic E-state index is 0.0531. The van der Waals surface area contributed by atoms with Gasteiger partial charge in [0.2, 0.25) is 0 Å². The van der Waals surface area contributed by atoms with Gasteiger partial charge in [0.25, 0.3) is 0 Å². The summed E-state index contributed by atoms with van der Waals surface area (Å²) in [6.07, 6.45) is 0. The van der Waals surface area contributed by atoms with Crippen LogP contribution in [0.25, 0.3) is 0 Å². The third kappa shape index (κ3) is 4.18. The Labute approximate surface area is 120 Å². The minimum atomic E-state index is -2.86. The number of ether oxygens (including phenoxy) is 2. The molecule has 0 bridgehead atoms. The quantitative estimate of drug-likeness (QED) is 0.846. The van der Waals surface area contributed by atoms with E-state index in [1.165, 1.54) is 12.7 Å². The lowest BCUT2D eigenvalue weighted by Crippen LogP contribution is -2.12. The fourth-order valence-electron chi connectivity index (χ4n) is 1.76. The van der Waals surface area contributed by atoms with Crippen molar-refractivity contribution in [3.63, 3.8) is 0 Å². The van der Waals surface area contributed by atoms with Crippen LogP contribution in [0.5, 0.6) is 11.5 Å². The fourth-order valence-corrected chi connectivity index (χ4v) is 2.43. The number of thiophene rings is 1. The molecule has 20 heavy (non-hydrogen) atoms. The summed E-state index contributed by atoms with van der Waals surface area (Å²) in [4.78, 5) is 0. The summed E-state index contributed by atoms with van der Waals surface area (Å²) in [5, 5.41) is 7.32. The van der Waals surface area contributed by atoms with Crippen LogP contribution in [0.4, 0.5) is 8.78 Å². The lowest BCUT2D eigenvalue weighted by molar-refractivity contribution is -0.0512. The van der Waals surface area contributed by atoms with Gasteiger partial charge in [0, 0.05) is 13.1 Å². The number of nitrogens with one attached hydrogen (secondary N) is 1. The van der Waals surface area contributed by atoms with E-state index in [-0.39, 0.29) is 5.75 Å². The Morgan fingerprint density at radius 2 is 1.95 bits per heavy atom. The molecule has 2 rings (SSSR count). The highest BCUT2D eigenvalue weighted by Gasteiger charge is 2.11. The average Bonchev–Trinajstić information content (AvgIpc) is 2.91. The van der Waals surface area contributed by atoms with E-state index in [2.05, 4.69) is 15.4 Å².